The van der Waals surface area contributed by atoms with E-state index in [2.05, 4.69) is 10.6 Å². The van der Waals surface area contributed by atoms with Crippen molar-refractivity contribution in [3.63, 3.8) is 0 Å². The highest BCUT2D eigenvalue weighted by Crippen LogP contribution is 2.27. The lowest BCUT2D eigenvalue weighted by molar-refractivity contribution is -0.138. The Hall–Kier alpha value is -2.08. The second-order valence-corrected chi connectivity index (χ2v) is 6.70. The van der Waals surface area contributed by atoms with Gasteiger partial charge in [-0.1, -0.05) is 6.07 Å². The molecule has 0 spiro atoms. The summed E-state index contributed by atoms with van der Waals surface area (Å²) >= 11 is 0. The van der Waals surface area contributed by atoms with Crippen LogP contribution in [0.15, 0.2) is 18.2 Å². The van der Waals surface area contributed by atoms with Gasteiger partial charge in [0, 0.05) is 6.54 Å². The Morgan fingerprint density at radius 1 is 1.21 bits per heavy atom. The van der Waals surface area contributed by atoms with Gasteiger partial charge in [0.1, 0.15) is 11.2 Å². The van der Waals surface area contributed by atoms with Gasteiger partial charge in [0.15, 0.2) is 0 Å². The SMILES string of the molecule is COc1ccc(C)cc1NC(=O)C(C)(C)C(=O)NCCCN(C)C. The van der Waals surface area contributed by atoms with Crippen LogP contribution in [0.3, 0.4) is 0 Å². The summed E-state index contributed by atoms with van der Waals surface area (Å²) in [6.45, 7) is 6.59. The Labute approximate surface area is 144 Å². The van der Waals surface area contributed by atoms with Crippen LogP contribution in [0.1, 0.15) is 25.8 Å². The minimum Gasteiger partial charge on any atom is -0.495 e. The molecule has 0 atom stereocenters. The van der Waals surface area contributed by atoms with Crippen molar-refractivity contribution < 1.29 is 14.3 Å². The number of nitrogens with zero attached hydrogens (tertiary/aromatic N) is 1. The third-order valence-electron chi connectivity index (χ3n) is 3.81. The number of carbonyl (C=O) groups excluding carboxylic acids is 2. The van der Waals surface area contributed by atoms with Crippen LogP contribution in [0.2, 0.25) is 0 Å². The Kier molecular flexibility index (Phi) is 7.22. The molecule has 6 heteroatoms. The van der Waals surface area contributed by atoms with Crippen molar-refractivity contribution in [2.24, 2.45) is 5.41 Å². The number of anilines is 1. The minimum atomic E-state index is -1.17. The molecule has 1 rings (SSSR count). The molecule has 134 valence electrons. The van der Waals surface area contributed by atoms with E-state index in [9.17, 15) is 9.59 Å². The van der Waals surface area contributed by atoms with Crippen LogP contribution in [0.4, 0.5) is 5.69 Å². The molecule has 2 N–H and O–H groups in total. The second kappa shape index (κ2) is 8.68. The number of hydrogen-bond acceptors (Lipinski definition) is 4. The Morgan fingerprint density at radius 3 is 2.46 bits per heavy atom. The van der Waals surface area contributed by atoms with Gasteiger partial charge in [-0.25, -0.2) is 0 Å². The van der Waals surface area contributed by atoms with Crippen molar-refractivity contribution in [2.75, 3.05) is 39.6 Å². The van der Waals surface area contributed by atoms with Gasteiger partial charge in [0.2, 0.25) is 11.8 Å². The molecule has 0 heterocycles. The van der Waals surface area contributed by atoms with E-state index in [0.29, 0.717) is 18.0 Å². The maximum Gasteiger partial charge on any atom is 0.239 e. The summed E-state index contributed by atoms with van der Waals surface area (Å²) in [6.07, 6.45) is 0.835. The van der Waals surface area contributed by atoms with E-state index in [1.54, 1.807) is 27.0 Å². The molecular weight excluding hydrogens is 306 g/mol. The standard InChI is InChI=1S/C18H29N3O3/c1-13-8-9-15(24-6)14(12-13)20-17(23)18(2,3)16(22)19-10-7-11-21(4)5/h8-9,12H,7,10-11H2,1-6H3,(H,19,22)(H,20,23). The molecule has 0 unspecified atom stereocenters. The molecule has 0 aliphatic heterocycles. The van der Waals surface area contributed by atoms with Crippen molar-refractivity contribution >= 4 is 17.5 Å². The number of carbonyl (C=O) groups is 2. The maximum atomic E-state index is 12.6. The molecule has 1 aromatic carbocycles. The van der Waals surface area contributed by atoms with E-state index in [1.165, 1.54) is 0 Å². The summed E-state index contributed by atoms with van der Waals surface area (Å²) < 4.78 is 5.26. The average molecular weight is 335 g/mol. The predicted octanol–water partition coefficient (Wildman–Crippen LogP) is 2.04. The third kappa shape index (κ3) is 5.53. The summed E-state index contributed by atoms with van der Waals surface area (Å²) in [5.74, 6) is -0.0852. The molecule has 0 radical (unpaired) electrons. The van der Waals surface area contributed by atoms with Crippen LogP contribution in [0, 0.1) is 12.3 Å². The Balaban J connectivity index is 2.71. The minimum absolute atomic E-state index is 0.287. The van der Waals surface area contributed by atoms with Gasteiger partial charge in [0.25, 0.3) is 0 Å². The summed E-state index contributed by atoms with van der Waals surface area (Å²) in [7, 11) is 5.51. The Bertz CT molecular complexity index is 583. The summed E-state index contributed by atoms with van der Waals surface area (Å²) in [5.41, 5.74) is 0.389. The number of amides is 2. The Morgan fingerprint density at radius 2 is 1.88 bits per heavy atom. The molecule has 0 aliphatic rings. The number of aryl methyl sites for hydroxylation is 1. The fourth-order valence-corrected chi connectivity index (χ4v) is 2.12. The molecule has 0 aliphatic carbocycles. The number of rotatable bonds is 8. The highest BCUT2D eigenvalue weighted by molar-refractivity contribution is 6.10. The van der Waals surface area contributed by atoms with E-state index in [-0.39, 0.29) is 11.8 Å². The highest BCUT2D eigenvalue weighted by atomic mass is 16.5. The smallest absolute Gasteiger partial charge is 0.239 e. The van der Waals surface area contributed by atoms with Gasteiger partial charge in [-0.05, 0) is 65.5 Å². The predicted molar refractivity (Wildman–Crippen MR) is 96.3 cm³/mol. The largest absolute Gasteiger partial charge is 0.495 e. The van der Waals surface area contributed by atoms with Crippen molar-refractivity contribution in [3.05, 3.63) is 23.8 Å². The number of methoxy groups -OCH3 is 1. The molecule has 0 saturated heterocycles. The lowest BCUT2D eigenvalue weighted by Crippen LogP contribution is -2.45. The molecule has 24 heavy (non-hydrogen) atoms. The van der Waals surface area contributed by atoms with Gasteiger partial charge in [0.05, 0.1) is 12.8 Å². The second-order valence-electron chi connectivity index (χ2n) is 6.70. The molecule has 0 fully saturated rings. The zero-order valence-electron chi connectivity index (χ0n) is 15.5. The van der Waals surface area contributed by atoms with Crippen molar-refractivity contribution in [1.82, 2.24) is 10.2 Å². The molecule has 0 saturated carbocycles. The van der Waals surface area contributed by atoms with Gasteiger partial charge < -0.3 is 20.3 Å². The average Bonchev–Trinajstić information content (AvgIpc) is 2.51. The third-order valence-corrected chi connectivity index (χ3v) is 3.81. The van der Waals surface area contributed by atoms with Crippen LogP contribution in [0.25, 0.3) is 0 Å². The quantitative estimate of drug-likeness (QED) is 0.563. The molecule has 0 aromatic heterocycles. The fourth-order valence-electron chi connectivity index (χ4n) is 2.12. The molecule has 0 bridgehead atoms. The van der Waals surface area contributed by atoms with Gasteiger partial charge in [-0.15, -0.1) is 0 Å². The molecular formula is C18H29N3O3. The van der Waals surface area contributed by atoms with Crippen LogP contribution < -0.4 is 15.4 Å². The first-order valence-electron chi connectivity index (χ1n) is 8.07. The number of nitrogens with one attached hydrogen (secondary N) is 2. The van der Waals surface area contributed by atoms with Crippen molar-refractivity contribution in [1.29, 1.82) is 0 Å². The van der Waals surface area contributed by atoms with E-state index >= 15 is 0 Å². The zero-order valence-corrected chi connectivity index (χ0v) is 15.5. The van der Waals surface area contributed by atoms with E-state index in [1.807, 2.05) is 38.1 Å². The highest BCUT2D eigenvalue weighted by Gasteiger charge is 2.36. The lowest BCUT2D eigenvalue weighted by atomic mass is 9.90. The van der Waals surface area contributed by atoms with E-state index in [0.717, 1.165) is 18.5 Å². The van der Waals surface area contributed by atoms with Gasteiger partial charge in [-0.3, -0.25) is 9.59 Å². The van der Waals surface area contributed by atoms with Gasteiger partial charge >= 0.3 is 0 Å². The van der Waals surface area contributed by atoms with Crippen molar-refractivity contribution in [3.8, 4) is 5.75 Å². The van der Waals surface area contributed by atoms with Gasteiger partial charge in [-0.2, -0.15) is 0 Å². The number of benzene rings is 1. The van der Waals surface area contributed by atoms with E-state index in [4.69, 9.17) is 4.74 Å². The molecule has 2 amide bonds. The van der Waals surface area contributed by atoms with Crippen LogP contribution in [-0.4, -0.2) is 51.0 Å². The van der Waals surface area contributed by atoms with Crippen molar-refractivity contribution in [2.45, 2.75) is 27.2 Å². The van der Waals surface area contributed by atoms with Crippen LogP contribution in [0.5, 0.6) is 5.75 Å². The maximum absolute atomic E-state index is 12.6. The topological polar surface area (TPSA) is 70.7 Å². The normalized spacial score (nSPS) is 11.3. The first-order valence-corrected chi connectivity index (χ1v) is 8.07. The summed E-state index contributed by atoms with van der Waals surface area (Å²) in [4.78, 5) is 27.0. The first-order chi connectivity index (χ1) is 11.2. The molecule has 1 aromatic rings. The molecule has 6 nitrogen and oxygen atoms in total. The lowest BCUT2D eigenvalue weighted by Gasteiger charge is -2.23. The summed E-state index contributed by atoms with van der Waals surface area (Å²) in [5, 5.41) is 5.63. The van der Waals surface area contributed by atoms with Crippen LogP contribution in [-0.2, 0) is 9.59 Å². The number of ether oxygens (including phenoxy) is 1. The van der Waals surface area contributed by atoms with Crippen LogP contribution >= 0.6 is 0 Å². The monoisotopic (exact) mass is 335 g/mol. The van der Waals surface area contributed by atoms with E-state index < -0.39 is 5.41 Å². The fraction of sp³-hybridized carbons (Fsp3) is 0.556. The number of hydrogen-bond donors (Lipinski definition) is 2. The zero-order chi connectivity index (χ0) is 18.3. The summed E-state index contributed by atoms with van der Waals surface area (Å²) in [6, 6.07) is 5.51. The first kappa shape index (κ1) is 20.0.